The zero-order chi connectivity index (χ0) is 15.2. The van der Waals surface area contributed by atoms with Gasteiger partial charge in [0.05, 0.1) is 6.20 Å². The van der Waals surface area contributed by atoms with Crippen LogP contribution in [-0.2, 0) is 20.0 Å². The summed E-state index contributed by atoms with van der Waals surface area (Å²) in [5.74, 6) is 5.73. The first-order chi connectivity index (χ1) is 10.1. The van der Waals surface area contributed by atoms with Crippen molar-refractivity contribution in [3.05, 3.63) is 41.3 Å². The van der Waals surface area contributed by atoms with Gasteiger partial charge in [-0.3, -0.25) is 9.48 Å². The van der Waals surface area contributed by atoms with Crippen LogP contribution in [0.1, 0.15) is 35.0 Å². The Morgan fingerprint density at radius 1 is 1.43 bits per heavy atom. The van der Waals surface area contributed by atoms with Crippen molar-refractivity contribution in [3.8, 4) is 0 Å². The Bertz CT molecular complexity index is 622. The van der Waals surface area contributed by atoms with Crippen LogP contribution in [0.25, 0.3) is 0 Å². The summed E-state index contributed by atoms with van der Waals surface area (Å²) in [5.41, 5.74) is 4.84. The fourth-order valence-corrected chi connectivity index (χ4v) is 2.02. The Balaban J connectivity index is 2.08. The van der Waals surface area contributed by atoms with E-state index in [-0.39, 0.29) is 5.91 Å². The minimum Gasteiger partial charge on any atom is -0.348 e. The van der Waals surface area contributed by atoms with E-state index in [0.29, 0.717) is 17.9 Å². The van der Waals surface area contributed by atoms with Crippen molar-refractivity contribution in [2.75, 3.05) is 5.43 Å². The van der Waals surface area contributed by atoms with E-state index < -0.39 is 0 Å². The Kier molecular flexibility index (Phi) is 4.89. The van der Waals surface area contributed by atoms with Crippen molar-refractivity contribution in [2.24, 2.45) is 12.9 Å². The van der Waals surface area contributed by atoms with Crippen LogP contribution in [-0.4, -0.2) is 20.7 Å². The Hall–Kier alpha value is -2.41. The topological polar surface area (TPSA) is 97.9 Å². The molecule has 2 aromatic heterocycles. The number of hydrogen-bond acceptors (Lipinski definition) is 5. The highest BCUT2D eigenvalue weighted by molar-refractivity contribution is 5.94. The molecule has 7 nitrogen and oxygen atoms in total. The van der Waals surface area contributed by atoms with E-state index in [9.17, 15) is 4.79 Å². The Labute approximate surface area is 123 Å². The van der Waals surface area contributed by atoms with Crippen LogP contribution < -0.4 is 16.6 Å². The van der Waals surface area contributed by atoms with Crippen molar-refractivity contribution < 1.29 is 4.79 Å². The number of nitrogen functional groups attached to an aromatic ring is 1. The van der Waals surface area contributed by atoms with Gasteiger partial charge in [-0.2, -0.15) is 5.10 Å². The van der Waals surface area contributed by atoms with E-state index in [4.69, 9.17) is 5.84 Å². The second kappa shape index (κ2) is 6.85. The summed E-state index contributed by atoms with van der Waals surface area (Å²) in [4.78, 5) is 16.5. The highest BCUT2D eigenvalue weighted by Gasteiger charge is 2.10. The smallest absolute Gasteiger partial charge is 0.251 e. The summed E-state index contributed by atoms with van der Waals surface area (Å²) < 4.78 is 1.70. The van der Waals surface area contributed by atoms with Gasteiger partial charge in [-0.1, -0.05) is 13.3 Å². The number of carbonyl (C=O) groups excluding carboxylic acids is 1. The van der Waals surface area contributed by atoms with E-state index in [1.54, 1.807) is 23.0 Å². The van der Waals surface area contributed by atoms with Crippen molar-refractivity contribution in [1.82, 2.24) is 20.1 Å². The van der Waals surface area contributed by atoms with Crippen LogP contribution in [0.4, 0.5) is 5.82 Å². The van der Waals surface area contributed by atoms with Crippen LogP contribution in [0, 0.1) is 0 Å². The number of nitrogens with two attached hydrogens (primary N) is 1. The Morgan fingerprint density at radius 3 is 2.86 bits per heavy atom. The third-order valence-electron chi connectivity index (χ3n) is 3.01. The van der Waals surface area contributed by atoms with Gasteiger partial charge in [-0.15, -0.1) is 0 Å². The van der Waals surface area contributed by atoms with Gasteiger partial charge in [0.2, 0.25) is 0 Å². The van der Waals surface area contributed by atoms with Gasteiger partial charge >= 0.3 is 0 Å². The average molecular weight is 288 g/mol. The predicted molar refractivity (Wildman–Crippen MR) is 80.4 cm³/mol. The number of nitrogens with one attached hydrogen (secondary N) is 2. The lowest BCUT2D eigenvalue weighted by molar-refractivity contribution is 0.0950. The van der Waals surface area contributed by atoms with Gasteiger partial charge in [0.15, 0.2) is 0 Å². The number of rotatable bonds is 6. The zero-order valence-electron chi connectivity index (χ0n) is 12.3. The molecule has 0 aliphatic rings. The molecule has 0 aliphatic carbocycles. The highest BCUT2D eigenvalue weighted by Crippen LogP contribution is 2.11. The molecule has 2 rings (SSSR count). The van der Waals surface area contributed by atoms with Gasteiger partial charge in [0.25, 0.3) is 5.91 Å². The number of hydrogen-bond donors (Lipinski definition) is 3. The molecule has 0 aromatic carbocycles. The number of aromatic nitrogens is 3. The monoisotopic (exact) mass is 288 g/mol. The van der Waals surface area contributed by atoms with Crippen LogP contribution in [0.2, 0.25) is 0 Å². The van der Waals surface area contributed by atoms with E-state index in [2.05, 4.69) is 27.7 Å². The number of carbonyl (C=O) groups is 1. The lowest BCUT2D eigenvalue weighted by Crippen LogP contribution is -2.23. The third kappa shape index (κ3) is 4.03. The molecule has 7 heteroatoms. The largest absolute Gasteiger partial charge is 0.348 e. The summed E-state index contributed by atoms with van der Waals surface area (Å²) in [6.07, 6.45) is 5.35. The molecular weight excluding hydrogens is 268 g/mol. The second-order valence-corrected chi connectivity index (χ2v) is 4.83. The average Bonchev–Trinajstić information content (AvgIpc) is 2.90. The fourth-order valence-electron chi connectivity index (χ4n) is 2.02. The maximum Gasteiger partial charge on any atom is 0.251 e. The van der Waals surface area contributed by atoms with E-state index in [1.165, 1.54) is 0 Å². The first kappa shape index (κ1) is 15.0. The summed E-state index contributed by atoms with van der Waals surface area (Å²) in [6.45, 7) is 2.50. The minimum absolute atomic E-state index is 0.157. The molecule has 0 unspecified atom stereocenters. The molecule has 0 bridgehead atoms. The van der Waals surface area contributed by atoms with Crippen molar-refractivity contribution in [1.29, 1.82) is 0 Å². The molecule has 21 heavy (non-hydrogen) atoms. The standard InChI is InChI=1S/C14H20N6O/c1-3-4-12-5-11(6-13(18-12)19-15)14(21)16-7-10-8-17-20(2)9-10/h5-6,8-9H,3-4,7,15H2,1-2H3,(H,16,21)(H,18,19). The quantitative estimate of drug-likeness (QED) is 0.544. The van der Waals surface area contributed by atoms with Crippen LogP contribution in [0.5, 0.6) is 0 Å². The van der Waals surface area contributed by atoms with E-state index in [1.807, 2.05) is 13.2 Å². The molecule has 0 fully saturated rings. The SMILES string of the molecule is CCCc1cc(C(=O)NCc2cnn(C)c2)cc(NN)n1. The van der Waals surface area contributed by atoms with Gasteiger partial charge in [0, 0.05) is 36.6 Å². The van der Waals surface area contributed by atoms with Crippen LogP contribution in [0.15, 0.2) is 24.5 Å². The molecule has 0 spiro atoms. The van der Waals surface area contributed by atoms with Crippen LogP contribution >= 0.6 is 0 Å². The molecule has 1 amide bonds. The number of pyridine rings is 1. The van der Waals surface area contributed by atoms with Gasteiger partial charge in [0.1, 0.15) is 5.82 Å². The molecular formula is C14H20N6O. The number of aryl methyl sites for hydroxylation is 2. The number of nitrogens with zero attached hydrogens (tertiary/aromatic N) is 3. The second-order valence-electron chi connectivity index (χ2n) is 4.83. The molecule has 4 N–H and O–H groups in total. The molecule has 0 saturated carbocycles. The maximum absolute atomic E-state index is 12.2. The molecule has 0 atom stereocenters. The summed E-state index contributed by atoms with van der Waals surface area (Å²) in [5, 5.41) is 6.92. The normalized spacial score (nSPS) is 10.4. The number of hydrazine groups is 1. The minimum atomic E-state index is -0.157. The highest BCUT2D eigenvalue weighted by atomic mass is 16.1. The molecule has 112 valence electrons. The summed E-state index contributed by atoms with van der Waals surface area (Å²) in [6, 6.07) is 3.43. The molecule has 2 heterocycles. The maximum atomic E-state index is 12.2. The first-order valence-electron chi connectivity index (χ1n) is 6.85. The predicted octanol–water partition coefficient (Wildman–Crippen LogP) is 0.983. The lowest BCUT2D eigenvalue weighted by Gasteiger charge is -2.08. The molecule has 0 aliphatic heterocycles. The zero-order valence-corrected chi connectivity index (χ0v) is 12.3. The summed E-state index contributed by atoms with van der Waals surface area (Å²) in [7, 11) is 1.84. The molecule has 2 aromatic rings. The van der Waals surface area contributed by atoms with Gasteiger partial charge in [-0.25, -0.2) is 10.8 Å². The van der Waals surface area contributed by atoms with Crippen LogP contribution in [0.3, 0.4) is 0 Å². The summed E-state index contributed by atoms with van der Waals surface area (Å²) >= 11 is 0. The fraction of sp³-hybridized carbons (Fsp3) is 0.357. The number of amides is 1. The Morgan fingerprint density at radius 2 is 2.24 bits per heavy atom. The lowest BCUT2D eigenvalue weighted by atomic mass is 10.1. The van der Waals surface area contributed by atoms with Crippen molar-refractivity contribution >= 4 is 11.7 Å². The first-order valence-corrected chi connectivity index (χ1v) is 6.85. The van der Waals surface area contributed by atoms with Crippen molar-refractivity contribution in [2.45, 2.75) is 26.3 Å². The molecule has 0 saturated heterocycles. The van der Waals surface area contributed by atoms with Crippen molar-refractivity contribution in [3.63, 3.8) is 0 Å². The molecule has 0 radical (unpaired) electrons. The third-order valence-corrected chi connectivity index (χ3v) is 3.01. The van der Waals surface area contributed by atoms with Gasteiger partial charge < -0.3 is 10.7 Å². The van der Waals surface area contributed by atoms with E-state index in [0.717, 1.165) is 24.1 Å². The number of anilines is 1. The van der Waals surface area contributed by atoms with Gasteiger partial charge in [-0.05, 0) is 18.6 Å². The van der Waals surface area contributed by atoms with E-state index >= 15 is 0 Å².